The second kappa shape index (κ2) is 5.58. The minimum atomic E-state index is -0.516. The molecule has 0 atom stereocenters. The molecular formula is C11H10N2O2. The summed E-state index contributed by atoms with van der Waals surface area (Å²) in [6.45, 7) is -0.328. The molecule has 2 N–H and O–H groups in total. The average molecular weight is 202 g/mol. The first-order valence-corrected chi connectivity index (χ1v) is 4.35. The maximum Gasteiger partial charge on any atom is 0.266 e. The van der Waals surface area contributed by atoms with Gasteiger partial charge < -0.3 is 10.4 Å². The Hall–Kier alpha value is -2.12. The predicted molar refractivity (Wildman–Crippen MR) is 55.9 cm³/mol. The van der Waals surface area contributed by atoms with Gasteiger partial charge in [-0.3, -0.25) is 4.79 Å². The van der Waals surface area contributed by atoms with Crippen LogP contribution in [0.3, 0.4) is 0 Å². The summed E-state index contributed by atoms with van der Waals surface area (Å²) in [6.07, 6.45) is 1.16. The van der Waals surface area contributed by atoms with Crippen molar-refractivity contribution in [1.82, 2.24) is 0 Å². The second-order valence-electron chi connectivity index (χ2n) is 2.73. The van der Waals surface area contributed by atoms with E-state index in [9.17, 15) is 4.79 Å². The lowest BCUT2D eigenvalue weighted by molar-refractivity contribution is -0.112. The van der Waals surface area contributed by atoms with Crippen molar-refractivity contribution in [2.24, 2.45) is 0 Å². The molecular weight excluding hydrogens is 192 g/mol. The molecule has 0 bridgehead atoms. The fourth-order valence-corrected chi connectivity index (χ4v) is 1.00. The maximum absolute atomic E-state index is 11.4. The molecule has 4 heteroatoms. The van der Waals surface area contributed by atoms with Crippen LogP contribution in [0.25, 0.3) is 0 Å². The lowest BCUT2D eigenvalue weighted by atomic mass is 10.2. The Balaban J connectivity index is 2.72. The summed E-state index contributed by atoms with van der Waals surface area (Å²) in [5.41, 5.74) is 0.517. The molecule has 0 fully saturated rings. The molecule has 0 heterocycles. The standard InChI is InChI=1S/C11H10N2O2/c12-8-9(6-7-14)11(15)13-10-4-2-1-3-5-10/h1-6,14H,7H2,(H,13,15). The topological polar surface area (TPSA) is 73.1 Å². The van der Waals surface area contributed by atoms with Gasteiger partial charge in [0.2, 0.25) is 0 Å². The van der Waals surface area contributed by atoms with Crippen LogP contribution in [0.2, 0.25) is 0 Å². The van der Waals surface area contributed by atoms with E-state index in [4.69, 9.17) is 10.4 Å². The van der Waals surface area contributed by atoms with Gasteiger partial charge in [0.15, 0.2) is 0 Å². The monoisotopic (exact) mass is 202 g/mol. The van der Waals surface area contributed by atoms with Gasteiger partial charge in [0.05, 0.1) is 6.61 Å². The quantitative estimate of drug-likeness (QED) is 0.568. The highest BCUT2D eigenvalue weighted by atomic mass is 16.2. The minimum Gasteiger partial charge on any atom is -0.392 e. The summed E-state index contributed by atoms with van der Waals surface area (Å²) in [4.78, 5) is 11.4. The molecule has 0 saturated carbocycles. The van der Waals surface area contributed by atoms with E-state index in [1.165, 1.54) is 0 Å². The van der Waals surface area contributed by atoms with Crippen LogP contribution in [0.1, 0.15) is 0 Å². The number of hydrogen-bond acceptors (Lipinski definition) is 3. The average Bonchev–Trinajstić information content (AvgIpc) is 2.27. The van der Waals surface area contributed by atoms with E-state index in [2.05, 4.69) is 5.32 Å². The number of anilines is 1. The van der Waals surface area contributed by atoms with Gasteiger partial charge in [-0.15, -0.1) is 0 Å². The fourth-order valence-electron chi connectivity index (χ4n) is 1.00. The molecule has 0 unspecified atom stereocenters. The first-order chi connectivity index (χ1) is 7.27. The van der Waals surface area contributed by atoms with E-state index < -0.39 is 5.91 Å². The number of carbonyl (C=O) groups is 1. The predicted octanol–water partition coefficient (Wildman–Crippen LogP) is 1.07. The number of hydrogen-bond donors (Lipinski definition) is 2. The highest BCUT2D eigenvalue weighted by Gasteiger charge is 2.07. The Kier molecular flexibility index (Phi) is 4.07. The third kappa shape index (κ3) is 3.25. The smallest absolute Gasteiger partial charge is 0.266 e. The summed E-state index contributed by atoms with van der Waals surface area (Å²) in [7, 11) is 0. The summed E-state index contributed by atoms with van der Waals surface area (Å²) >= 11 is 0. The van der Waals surface area contributed by atoms with Gasteiger partial charge in [-0.1, -0.05) is 18.2 Å². The van der Waals surface area contributed by atoms with Crippen molar-refractivity contribution in [3.8, 4) is 6.07 Å². The van der Waals surface area contributed by atoms with Crippen LogP contribution in [0.5, 0.6) is 0 Å². The zero-order valence-electron chi connectivity index (χ0n) is 7.97. The molecule has 0 saturated heterocycles. The van der Waals surface area contributed by atoms with Gasteiger partial charge in [-0.05, 0) is 18.2 Å². The van der Waals surface area contributed by atoms with Gasteiger partial charge in [-0.2, -0.15) is 5.26 Å². The van der Waals surface area contributed by atoms with Gasteiger partial charge in [0.25, 0.3) is 5.91 Å². The fraction of sp³-hybridized carbons (Fsp3) is 0.0909. The molecule has 0 spiro atoms. The van der Waals surface area contributed by atoms with Crippen LogP contribution in [0, 0.1) is 11.3 Å². The number of nitrogens with one attached hydrogen (secondary N) is 1. The number of nitriles is 1. The molecule has 1 aromatic rings. The molecule has 0 aliphatic heterocycles. The van der Waals surface area contributed by atoms with E-state index in [1.807, 2.05) is 6.07 Å². The zero-order chi connectivity index (χ0) is 11.1. The number of benzene rings is 1. The van der Waals surface area contributed by atoms with Crippen LogP contribution in [0.4, 0.5) is 5.69 Å². The molecule has 0 aliphatic carbocycles. The van der Waals surface area contributed by atoms with Crippen molar-refractivity contribution in [3.63, 3.8) is 0 Å². The van der Waals surface area contributed by atoms with Gasteiger partial charge in [0, 0.05) is 5.69 Å². The van der Waals surface area contributed by atoms with Crippen molar-refractivity contribution in [2.45, 2.75) is 0 Å². The van der Waals surface area contributed by atoms with E-state index >= 15 is 0 Å². The number of nitrogens with zero attached hydrogens (tertiary/aromatic N) is 1. The Morgan fingerprint density at radius 1 is 1.47 bits per heavy atom. The zero-order valence-corrected chi connectivity index (χ0v) is 7.97. The molecule has 1 rings (SSSR count). The van der Waals surface area contributed by atoms with E-state index in [1.54, 1.807) is 30.3 Å². The molecule has 0 aromatic heterocycles. The van der Waals surface area contributed by atoms with E-state index in [0.29, 0.717) is 5.69 Å². The van der Waals surface area contributed by atoms with Crippen LogP contribution >= 0.6 is 0 Å². The molecule has 4 nitrogen and oxygen atoms in total. The summed E-state index contributed by atoms with van der Waals surface area (Å²) in [5, 5.41) is 19.7. The summed E-state index contributed by atoms with van der Waals surface area (Å²) < 4.78 is 0. The molecule has 15 heavy (non-hydrogen) atoms. The van der Waals surface area contributed by atoms with Crippen molar-refractivity contribution in [3.05, 3.63) is 42.0 Å². The molecule has 1 aromatic carbocycles. The van der Waals surface area contributed by atoms with Crippen LogP contribution in [0.15, 0.2) is 42.0 Å². The normalized spacial score (nSPS) is 10.5. The third-order valence-electron chi connectivity index (χ3n) is 1.69. The van der Waals surface area contributed by atoms with Crippen molar-refractivity contribution in [1.29, 1.82) is 5.26 Å². The number of para-hydroxylation sites is 1. The van der Waals surface area contributed by atoms with Gasteiger partial charge in [-0.25, -0.2) is 0 Å². The highest BCUT2D eigenvalue weighted by Crippen LogP contribution is 2.06. The van der Waals surface area contributed by atoms with Crippen molar-refractivity contribution >= 4 is 11.6 Å². The number of aliphatic hydroxyl groups is 1. The van der Waals surface area contributed by atoms with Gasteiger partial charge >= 0.3 is 0 Å². The minimum absolute atomic E-state index is 0.0960. The number of rotatable bonds is 3. The largest absolute Gasteiger partial charge is 0.392 e. The number of aliphatic hydroxyl groups excluding tert-OH is 1. The van der Waals surface area contributed by atoms with Crippen LogP contribution in [-0.2, 0) is 4.79 Å². The third-order valence-corrected chi connectivity index (χ3v) is 1.69. The van der Waals surface area contributed by atoms with Crippen LogP contribution in [-0.4, -0.2) is 17.6 Å². The lowest BCUT2D eigenvalue weighted by Crippen LogP contribution is -2.13. The molecule has 0 aliphatic rings. The van der Waals surface area contributed by atoms with Crippen LogP contribution < -0.4 is 5.32 Å². The first kappa shape index (κ1) is 11.0. The number of carbonyl (C=O) groups excluding carboxylic acids is 1. The summed E-state index contributed by atoms with van der Waals surface area (Å²) in [6, 6.07) is 10.5. The Morgan fingerprint density at radius 2 is 2.13 bits per heavy atom. The Morgan fingerprint density at radius 3 is 2.67 bits per heavy atom. The highest BCUT2D eigenvalue weighted by molar-refractivity contribution is 6.06. The molecule has 76 valence electrons. The SMILES string of the molecule is N#CC(=CCO)C(=O)Nc1ccccc1. The van der Waals surface area contributed by atoms with Crippen molar-refractivity contribution < 1.29 is 9.90 Å². The second-order valence-corrected chi connectivity index (χ2v) is 2.73. The Bertz CT molecular complexity index is 404. The first-order valence-electron chi connectivity index (χ1n) is 4.35. The summed E-state index contributed by atoms with van der Waals surface area (Å²) in [5.74, 6) is -0.516. The molecule has 1 amide bonds. The van der Waals surface area contributed by atoms with Crippen molar-refractivity contribution in [2.75, 3.05) is 11.9 Å². The lowest BCUT2D eigenvalue weighted by Gasteiger charge is -2.02. The van der Waals surface area contributed by atoms with E-state index in [0.717, 1.165) is 6.08 Å². The Labute approximate surface area is 87.5 Å². The maximum atomic E-state index is 11.4. The number of amides is 1. The molecule has 0 radical (unpaired) electrons. The van der Waals surface area contributed by atoms with E-state index in [-0.39, 0.29) is 12.2 Å². The van der Waals surface area contributed by atoms with Gasteiger partial charge in [0.1, 0.15) is 11.6 Å².